The smallest absolute Gasteiger partial charge is 0.122 e. The van der Waals surface area contributed by atoms with Gasteiger partial charge in [-0.2, -0.15) is 0 Å². The Morgan fingerprint density at radius 2 is 2.20 bits per heavy atom. The highest BCUT2D eigenvalue weighted by atomic mass is 16.3. The normalized spacial score (nSPS) is 20.2. The quantitative estimate of drug-likeness (QED) is 0.644. The van der Waals surface area contributed by atoms with Gasteiger partial charge in [0.15, 0.2) is 0 Å². The number of hydrogen-bond acceptors (Lipinski definition) is 5. The molecule has 1 aliphatic rings. The van der Waals surface area contributed by atoms with Crippen LogP contribution in [0, 0.1) is 12.8 Å². The van der Waals surface area contributed by atoms with Crippen molar-refractivity contribution in [1.29, 1.82) is 0 Å². The fourth-order valence-electron chi connectivity index (χ4n) is 3.36. The molecule has 2 atom stereocenters. The van der Waals surface area contributed by atoms with Crippen LogP contribution in [0.2, 0.25) is 0 Å². The van der Waals surface area contributed by atoms with Gasteiger partial charge in [-0.15, -0.1) is 0 Å². The molecule has 0 spiro atoms. The van der Waals surface area contributed by atoms with E-state index < -0.39 is 0 Å². The Kier molecular flexibility index (Phi) is 4.65. The summed E-state index contributed by atoms with van der Waals surface area (Å²) in [6.45, 7) is 4.62. The van der Waals surface area contributed by atoms with Crippen molar-refractivity contribution in [2.24, 2.45) is 5.92 Å². The van der Waals surface area contributed by atoms with Crippen molar-refractivity contribution in [2.45, 2.75) is 19.5 Å². The van der Waals surface area contributed by atoms with Crippen LogP contribution in [0.1, 0.15) is 23.1 Å². The Morgan fingerprint density at radius 1 is 1.28 bits per heavy atom. The minimum Gasteiger partial charge on any atom is -0.465 e. The van der Waals surface area contributed by atoms with E-state index in [9.17, 15) is 0 Å². The summed E-state index contributed by atoms with van der Waals surface area (Å²) in [7, 11) is 0. The number of nitrogens with one attached hydrogen (secondary N) is 3. The zero-order chi connectivity index (χ0) is 17.1. The molecular weight excluding hydrogens is 314 g/mol. The molecule has 3 N–H and O–H groups in total. The molecular formula is C19H23N5O. The van der Waals surface area contributed by atoms with E-state index in [1.165, 1.54) is 5.56 Å². The van der Waals surface area contributed by atoms with E-state index >= 15 is 0 Å². The Balaban J connectivity index is 1.40. The molecule has 1 fully saturated rings. The van der Waals surface area contributed by atoms with Crippen molar-refractivity contribution >= 4 is 0 Å². The molecule has 2 aromatic heterocycles. The Hall–Kier alpha value is -2.41. The maximum absolute atomic E-state index is 5.79. The van der Waals surface area contributed by atoms with Gasteiger partial charge in [0, 0.05) is 37.9 Å². The van der Waals surface area contributed by atoms with Crippen molar-refractivity contribution in [3.8, 4) is 5.69 Å². The number of hydrazine groups is 1. The number of aromatic nitrogens is 2. The largest absolute Gasteiger partial charge is 0.465 e. The van der Waals surface area contributed by atoms with Crippen LogP contribution < -0.4 is 16.2 Å². The standard InChI is InChI=1S/C19H23N5O/c1-14-6-7-18(25-14)19-16(12-22-23-19)11-21-10-15-4-2-3-5-17(15)24-9-8-20-13-24/h2-9,13,16,19,21-23H,10-12H2,1H3. The first-order chi connectivity index (χ1) is 12.3. The third kappa shape index (κ3) is 3.51. The van der Waals surface area contributed by atoms with Gasteiger partial charge in [0.05, 0.1) is 18.1 Å². The topological polar surface area (TPSA) is 67.0 Å². The monoisotopic (exact) mass is 337 g/mol. The van der Waals surface area contributed by atoms with Crippen molar-refractivity contribution in [1.82, 2.24) is 25.7 Å². The van der Waals surface area contributed by atoms with Crippen LogP contribution in [0.15, 0.2) is 59.5 Å². The zero-order valence-electron chi connectivity index (χ0n) is 14.3. The van der Waals surface area contributed by atoms with Gasteiger partial charge in [-0.3, -0.25) is 5.43 Å². The van der Waals surface area contributed by atoms with E-state index in [1.807, 2.05) is 30.1 Å². The van der Waals surface area contributed by atoms with Crippen LogP contribution >= 0.6 is 0 Å². The average Bonchev–Trinajstić information content (AvgIpc) is 3.36. The molecule has 3 aromatic rings. The summed E-state index contributed by atoms with van der Waals surface area (Å²) < 4.78 is 7.84. The lowest BCUT2D eigenvalue weighted by Gasteiger charge is -2.18. The summed E-state index contributed by atoms with van der Waals surface area (Å²) in [5, 5.41) is 3.60. The summed E-state index contributed by atoms with van der Waals surface area (Å²) in [6.07, 6.45) is 5.61. The second kappa shape index (κ2) is 7.23. The van der Waals surface area contributed by atoms with Crippen LogP contribution in [0.3, 0.4) is 0 Å². The SMILES string of the molecule is Cc1ccc(C2NNCC2CNCc2ccccc2-n2ccnc2)o1. The average molecular weight is 337 g/mol. The zero-order valence-corrected chi connectivity index (χ0v) is 14.3. The van der Waals surface area contributed by atoms with Gasteiger partial charge in [0.1, 0.15) is 11.5 Å². The molecule has 3 heterocycles. The minimum atomic E-state index is 0.199. The first-order valence-electron chi connectivity index (χ1n) is 8.63. The Bertz CT molecular complexity index is 811. The van der Waals surface area contributed by atoms with Crippen LogP contribution in [-0.2, 0) is 6.54 Å². The third-order valence-corrected chi connectivity index (χ3v) is 4.66. The molecule has 0 amide bonds. The highest BCUT2D eigenvalue weighted by molar-refractivity contribution is 5.40. The van der Waals surface area contributed by atoms with E-state index in [0.29, 0.717) is 5.92 Å². The molecule has 6 nitrogen and oxygen atoms in total. The molecule has 1 aromatic carbocycles. The van der Waals surface area contributed by atoms with E-state index in [2.05, 4.69) is 51.5 Å². The first kappa shape index (κ1) is 16.1. The lowest BCUT2D eigenvalue weighted by Crippen LogP contribution is -2.28. The predicted molar refractivity (Wildman–Crippen MR) is 96.1 cm³/mol. The fraction of sp³-hybridized carbons (Fsp3) is 0.316. The van der Waals surface area contributed by atoms with Crippen LogP contribution in [0.25, 0.3) is 5.69 Å². The summed E-state index contributed by atoms with van der Waals surface area (Å²) >= 11 is 0. The van der Waals surface area contributed by atoms with Crippen molar-refractivity contribution in [3.63, 3.8) is 0 Å². The number of hydrogen-bond donors (Lipinski definition) is 3. The fourth-order valence-corrected chi connectivity index (χ4v) is 3.36. The molecule has 6 heteroatoms. The molecule has 0 saturated carbocycles. The Morgan fingerprint density at radius 3 is 3.00 bits per heavy atom. The van der Waals surface area contributed by atoms with Crippen LogP contribution in [-0.4, -0.2) is 22.6 Å². The highest BCUT2D eigenvalue weighted by Gasteiger charge is 2.30. The summed E-state index contributed by atoms with van der Waals surface area (Å²) in [6, 6.07) is 12.7. The number of para-hydroxylation sites is 1. The number of imidazole rings is 1. The lowest BCUT2D eigenvalue weighted by atomic mass is 10.00. The molecule has 0 bridgehead atoms. The predicted octanol–water partition coefficient (Wildman–Crippen LogP) is 2.33. The van der Waals surface area contributed by atoms with Gasteiger partial charge < -0.3 is 14.3 Å². The van der Waals surface area contributed by atoms with Crippen molar-refractivity contribution in [3.05, 3.63) is 72.2 Å². The Labute approximate surface area is 147 Å². The summed E-state index contributed by atoms with van der Waals surface area (Å²) in [5.41, 5.74) is 8.99. The lowest BCUT2D eigenvalue weighted by molar-refractivity contribution is 0.360. The highest BCUT2D eigenvalue weighted by Crippen LogP contribution is 2.26. The van der Waals surface area contributed by atoms with E-state index in [1.54, 1.807) is 6.20 Å². The van der Waals surface area contributed by atoms with Crippen molar-refractivity contribution in [2.75, 3.05) is 13.1 Å². The summed E-state index contributed by atoms with van der Waals surface area (Å²) in [4.78, 5) is 4.14. The second-order valence-electron chi connectivity index (χ2n) is 6.44. The molecule has 2 unspecified atom stereocenters. The van der Waals surface area contributed by atoms with Gasteiger partial charge in [0.25, 0.3) is 0 Å². The maximum atomic E-state index is 5.79. The molecule has 1 aliphatic heterocycles. The van der Waals surface area contributed by atoms with Crippen LogP contribution in [0.4, 0.5) is 0 Å². The number of benzene rings is 1. The number of furan rings is 1. The summed E-state index contributed by atoms with van der Waals surface area (Å²) in [5.74, 6) is 2.38. The van der Waals surface area contributed by atoms with Gasteiger partial charge in [-0.05, 0) is 30.7 Å². The molecule has 4 rings (SSSR count). The van der Waals surface area contributed by atoms with E-state index in [-0.39, 0.29) is 6.04 Å². The molecule has 25 heavy (non-hydrogen) atoms. The number of rotatable bonds is 6. The van der Waals surface area contributed by atoms with Gasteiger partial charge in [-0.1, -0.05) is 18.2 Å². The van der Waals surface area contributed by atoms with Gasteiger partial charge in [-0.25, -0.2) is 10.4 Å². The molecule has 0 radical (unpaired) electrons. The number of nitrogens with zero attached hydrogens (tertiary/aromatic N) is 2. The molecule has 130 valence electrons. The van der Waals surface area contributed by atoms with Crippen molar-refractivity contribution < 1.29 is 4.42 Å². The van der Waals surface area contributed by atoms with Gasteiger partial charge in [0.2, 0.25) is 0 Å². The second-order valence-corrected chi connectivity index (χ2v) is 6.44. The van der Waals surface area contributed by atoms with Crippen LogP contribution in [0.5, 0.6) is 0 Å². The van der Waals surface area contributed by atoms with E-state index in [0.717, 1.165) is 36.8 Å². The van der Waals surface area contributed by atoms with Gasteiger partial charge >= 0.3 is 0 Å². The molecule has 0 aliphatic carbocycles. The first-order valence-corrected chi connectivity index (χ1v) is 8.63. The third-order valence-electron chi connectivity index (χ3n) is 4.66. The number of aryl methyl sites for hydroxylation is 1. The maximum Gasteiger partial charge on any atom is 0.122 e. The minimum absolute atomic E-state index is 0.199. The molecule has 1 saturated heterocycles. The van der Waals surface area contributed by atoms with E-state index in [4.69, 9.17) is 4.42 Å².